The summed E-state index contributed by atoms with van der Waals surface area (Å²) in [5.41, 5.74) is 0. The molecule has 1 aromatic heterocycles. The summed E-state index contributed by atoms with van der Waals surface area (Å²) >= 11 is 9.12. The maximum Gasteiger partial charge on any atom is 0.148 e. The Hall–Kier alpha value is -0.390. The van der Waals surface area contributed by atoms with Gasteiger partial charge in [-0.25, -0.2) is 9.97 Å². The molecule has 78 valence electrons. The molecular formula is C8H11BrClN3O. The first-order valence-electron chi connectivity index (χ1n) is 4.07. The summed E-state index contributed by atoms with van der Waals surface area (Å²) in [6, 6.07) is -0.0164. The molecule has 1 N–H and O–H groups in total. The van der Waals surface area contributed by atoms with Gasteiger partial charge in [0.05, 0.1) is 17.1 Å². The molecule has 0 amide bonds. The molecule has 1 heterocycles. The van der Waals surface area contributed by atoms with Gasteiger partial charge in [-0.2, -0.15) is 0 Å². The van der Waals surface area contributed by atoms with Gasteiger partial charge < -0.3 is 10.0 Å². The zero-order valence-electron chi connectivity index (χ0n) is 7.91. The number of hydrogen-bond donors (Lipinski definition) is 1. The van der Waals surface area contributed by atoms with Crippen molar-refractivity contribution in [2.75, 3.05) is 18.6 Å². The van der Waals surface area contributed by atoms with E-state index in [9.17, 15) is 0 Å². The highest BCUT2D eigenvalue weighted by Crippen LogP contribution is 2.29. The van der Waals surface area contributed by atoms with Crippen LogP contribution in [0.2, 0.25) is 5.15 Å². The van der Waals surface area contributed by atoms with E-state index in [1.807, 2.05) is 18.9 Å². The number of hydrogen-bond acceptors (Lipinski definition) is 4. The number of aromatic nitrogens is 2. The van der Waals surface area contributed by atoms with E-state index in [-0.39, 0.29) is 12.6 Å². The molecule has 0 radical (unpaired) electrons. The smallest absolute Gasteiger partial charge is 0.148 e. The van der Waals surface area contributed by atoms with Crippen molar-refractivity contribution in [2.24, 2.45) is 0 Å². The first-order chi connectivity index (χ1) is 6.57. The molecule has 1 atom stereocenters. The number of halogens is 2. The zero-order chi connectivity index (χ0) is 10.7. The van der Waals surface area contributed by atoms with Crippen LogP contribution < -0.4 is 4.90 Å². The Morgan fingerprint density at radius 1 is 1.64 bits per heavy atom. The molecule has 6 heteroatoms. The highest BCUT2D eigenvalue weighted by molar-refractivity contribution is 9.10. The Morgan fingerprint density at radius 3 is 2.86 bits per heavy atom. The van der Waals surface area contributed by atoms with E-state index >= 15 is 0 Å². The Bertz CT molecular complexity index is 323. The monoisotopic (exact) mass is 279 g/mol. The van der Waals surface area contributed by atoms with Gasteiger partial charge in [0.15, 0.2) is 0 Å². The van der Waals surface area contributed by atoms with E-state index in [1.54, 1.807) is 0 Å². The van der Waals surface area contributed by atoms with Gasteiger partial charge in [0.1, 0.15) is 17.3 Å². The average molecular weight is 281 g/mol. The van der Waals surface area contributed by atoms with E-state index < -0.39 is 0 Å². The third-order valence-electron chi connectivity index (χ3n) is 1.99. The van der Waals surface area contributed by atoms with Crippen LogP contribution in [0.4, 0.5) is 5.82 Å². The number of aliphatic hydroxyl groups is 1. The lowest BCUT2D eigenvalue weighted by atomic mass is 10.3. The molecule has 1 unspecified atom stereocenters. The second kappa shape index (κ2) is 4.91. The van der Waals surface area contributed by atoms with Crippen LogP contribution in [0.3, 0.4) is 0 Å². The molecule has 14 heavy (non-hydrogen) atoms. The van der Waals surface area contributed by atoms with Gasteiger partial charge in [-0.3, -0.25) is 0 Å². The molecule has 0 fully saturated rings. The summed E-state index contributed by atoms with van der Waals surface area (Å²) in [5, 5.41) is 9.36. The van der Waals surface area contributed by atoms with Crippen LogP contribution in [0.25, 0.3) is 0 Å². The van der Waals surface area contributed by atoms with Crippen molar-refractivity contribution in [2.45, 2.75) is 13.0 Å². The standard InChI is InChI=1S/C8H11BrClN3O/c1-5(3-14)13(2)8-6(9)7(10)11-4-12-8/h4-5,14H,3H2,1-2H3. The molecule has 0 spiro atoms. The molecule has 0 aliphatic heterocycles. The second-order valence-electron chi connectivity index (χ2n) is 2.94. The maximum absolute atomic E-state index is 8.99. The lowest BCUT2D eigenvalue weighted by molar-refractivity contribution is 0.269. The minimum absolute atomic E-state index is 0.0164. The van der Waals surface area contributed by atoms with Gasteiger partial charge in [-0.05, 0) is 22.9 Å². The third kappa shape index (κ3) is 2.34. The molecule has 0 bridgehead atoms. The maximum atomic E-state index is 8.99. The molecule has 4 nitrogen and oxygen atoms in total. The van der Waals surface area contributed by atoms with Gasteiger partial charge in [0, 0.05) is 7.05 Å². The Morgan fingerprint density at radius 2 is 2.29 bits per heavy atom. The Kier molecular flexibility index (Phi) is 4.10. The summed E-state index contributed by atoms with van der Waals surface area (Å²) in [6.07, 6.45) is 1.39. The molecule has 0 saturated carbocycles. The number of nitrogens with zero attached hydrogens (tertiary/aromatic N) is 3. The molecule has 0 saturated heterocycles. The van der Waals surface area contributed by atoms with Crippen LogP contribution >= 0.6 is 27.5 Å². The average Bonchev–Trinajstić information content (AvgIpc) is 2.20. The van der Waals surface area contributed by atoms with Gasteiger partial charge >= 0.3 is 0 Å². The zero-order valence-corrected chi connectivity index (χ0v) is 10.2. The molecule has 0 aromatic carbocycles. The van der Waals surface area contributed by atoms with Gasteiger partial charge in [-0.15, -0.1) is 0 Å². The van der Waals surface area contributed by atoms with Gasteiger partial charge in [0.2, 0.25) is 0 Å². The van der Waals surface area contributed by atoms with Gasteiger partial charge in [0.25, 0.3) is 0 Å². The fourth-order valence-corrected chi connectivity index (χ4v) is 1.53. The van der Waals surface area contributed by atoms with Crippen LogP contribution in [0.5, 0.6) is 0 Å². The van der Waals surface area contributed by atoms with E-state index in [0.717, 1.165) is 0 Å². The second-order valence-corrected chi connectivity index (χ2v) is 4.10. The van der Waals surface area contributed by atoms with Crippen molar-refractivity contribution in [3.8, 4) is 0 Å². The fourth-order valence-electron chi connectivity index (χ4n) is 0.917. The highest BCUT2D eigenvalue weighted by Gasteiger charge is 2.15. The number of likely N-dealkylation sites (N-methyl/N-ethyl adjacent to an activating group) is 1. The van der Waals surface area contributed by atoms with Crippen LogP contribution in [0, 0.1) is 0 Å². The number of aliphatic hydroxyl groups excluding tert-OH is 1. The van der Waals surface area contributed by atoms with Gasteiger partial charge in [-0.1, -0.05) is 11.6 Å². The summed E-state index contributed by atoms with van der Waals surface area (Å²) in [6.45, 7) is 1.95. The van der Waals surface area contributed by atoms with Crippen LogP contribution in [0.15, 0.2) is 10.8 Å². The van der Waals surface area contributed by atoms with Crippen molar-refractivity contribution in [1.82, 2.24) is 9.97 Å². The largest absolute Gasteiger partial charge is 0.394 e. The lowest BCUT2D eigenvalue weighted by Crippen LogP contribution is -2.32. The molecule has 1 aromatic rings. The first-order valence-corrected chi connectivity index (χ1v) is 5.24. The van der Waals surface area contributed by atoms with Crippen LogP contribution in [-0.4, -0.2) is 34.8 Å². The molecular weight excluding hydrogens is 269 g/mol. The normalized spacial score (nSPS) is 12.6. The summed E-state index contributed by atoms with van der Waals surface area (Å²) in [7, 11) is 1.84. The van der Waals surface area contributed by atoms with Crippen LogP contribution in [0.1, 0.15) is 6.92 Å². The van der Waals surface area contributed by atoms with E-state index in [0.29, 0.717) is 15.4 Å². The van der Waals surface area contributed by atoms with Crippen molar-refractivity contribution in [1.29, 1.82) is 0 Å². The third-order valence-corrected chi connectivity index (χ3v) is 3.23. The highest BCUT2D eigenvalue weighted by atomic mass is 79.9. The quantitative estimate of drug-likeness (QED) is 0.857. The summed E-state index contributed by atoms with van der Waals surface area (Å²) < 4.78 is 0.643. The van der Waals surface area contributed by atoms with Crippen molar-refractivity contribution >= 4 is 33.3 Å². The number of rotatable bonds is 3. The first kappa shape index (κ1) is 11.7. The molecule has 0 aliphatic carbocycles. The fraction of sp³-hybridized carbons (Fsp3) is 0.500. The predicted molar refractivity (Wildman–Crippen MR) is 59.7 cm³/mol. The lowest BCUT2D eigenvalue weighted by Gasteiger charge is -2.24. The van der Waals surface area contributed by atoms with E-state index in [4.69, 9.17) is 16.7 Å². The predicted octanol–water partition coefficient (Wildman–Crippen LogP) is 1.71. The van der Waals surface area contributed by atoms with Crippen molar-refractivity contribution in [3.63, 3.8) is 0 Å². The SMILES string of the molecule is CC(CO)N(C)c1ncnc(Cl)c1Br. The number of anilines is 1. The molecule has 1 rings (SSSR count). The van der Waals surface area contributed by atoms with E-state index in [1.165, 1.54) is 6.33 Å². The van der Waals surface area contributed by atoms with E-state index in [2.05, 4.69) is 25.9 Å². The Balaban J connectivity index is 3.01. The molecule has 0 aliphatic rings. The Labute approximate surface area is 96.1 Å². The summed E-state index contributed by atoms with van der Waals surface area (Å²) in [5.74, 6) is 0.673. The van der Waals surface area contributed by atoms with Crippen molar-refractivity contribution < 1.29 is 5.11 Å². The minimum atomic E-state index is -0.0164. The van der Waals surface area contributed by atoms with Crippen LogP contribution in [-0.2, 0) is 0 Å². The van der Waals surface area contributed by atoms with Crippen molar-refractivity contribution in [3.05, 3.63) is 16.0 Å². The minimum Gasteiger partial charge on any atom is -0.394 e. The topological polar surface area (TPSA) is 49.2 Å². The summed E-state index contributed by atoms with van der Waals surface area (Å²) in [4.78, 5) is 9.74.